The summed E-state index contributed by atoms with van der Waals surface area (Å²) in [6.45, 7) is 2.00. The van der Waals surface area contributed by atoms with Crippen LogP contribution in [0, 0.1) is 5.92 Å². The molecule has 4 nitrogen and oxygen atoms in total. The van der Waals surface area contributed by atoms with Gasteiger partial charge in [-0.1, -0.05) is 12.1 Å². The van der Waals surface area contributed by atoms with Gasteiger partial charge in [-0.3, -0.25) is 4.79 Å². The molecule has 1 aromatic carbocycles. The van der Waals surface area contributed by atoms with E-state index in [1.807, 2.05) is 0 Å². The Labute approximate surface area is 120 Å². The molecule has 0 spiro atoms. The van der Waals surface area contributed by atoms with E-state index in [0.717, 1.165) is 13.1 Å². The summed E-state index contributed by atoms with van der Waals surface area (Å²) in [4.78, 5) is 15.8. The molecule has 4 heteroatoms. The number of carboxylic acids is 1. The molecule has 1 aromatic rings. The van der Waals surface area contributed by atoms with Crippen molar-refractivity contribution in [3.63, 3.8) is 0 Å². The number of carbonyl (C=O) groups is 1. The number of nitrogens with zero attached hydrogens (tertiary/aromatic N) is 2. The Morgan fingerprint density at radius 2 is 2.00 bits per heavy atom. The largest absolute Gasteiger partial charge is 0.481 e. The minimum absolute atomic E-state index is 0.163. The predicted octanol–water partition coefficient (Wildman–Crippen LogP) is 2.54. The lowest BCUT2D eigenvalue weighted by Gasteiger charge is -2.37. The second kappa shape index (κ2) is 5.00. The number of hydrogen-bond acceptors (Lipinski definition) is 3. The highest BCUT2D eigenvalue weighted by atomic mass is 16.4. The first kappa shape index (κ1) is 13.3. The number of aliphatic carboxylic acids is 1. The van der Waals surface area contributed by atoms with Crippen LogP contribution in [-0.2, 0) is 4.79 Å². The zero-order chi connectivity index (χ0) is 14.3. The zero-order valence-electron chi connectivity index (χ0n) is 12.2. The third kappa shape index (κ3) is 2.35. The number of rotatable bonds is 4. The summed E-state index contributed by atoms with van der Waals surface area (Å²) in [5.41, 5.74) is 3.69. The summed E-state index contributed by atoms with van der Waals surface area (Å²) in [6, 6.07) is 6.33. The molecule has 1 aliphatic heterocycles. The van der Waals surface area contributed by atoms with Crippen molar-refractivity contribution in [1.82, 2.24) is 0 Å². The summed E-state index contributed by atoms with van der Waals surface area (Å²) < 4.78 is 0. The molecule has 1 saturated carbocycles. The fourth-order valence-corrected chi connectivity index (χ4v) is 3.32. The van der Waals surface area contributed by atoms with E-state index in [0.29, 0.717) is 5.92 Å². The molecule has 1 N–H and O–H groups in total. The molecule has 1 heterocycles. The van der Waals surface area contributed by atoms with Crippen LogP contribution in [0.25, 0.3) is 0 Å². The van der Waals surface area contributed by atoms with E-state index in [-0.39, 0.29) is 12.3 Å². The SMILES string of the molecule is CN1CCN(C)c2c(C(CC(=O)O)C3CC3)cccc21. The highest BCUT2D eigenvalue weighted by molar-refractivity contribution is 5.78. The first-order valence-electron chi connectivity index (χ1n) is 7.35. The molecule has 1 atom stereocenters. The van der Waals surface area contributed by atoms with Gasteiger partial charge in [0.25, 0.3) is 0 Å². The van der Waals surface area contributed by atoms with Gasteiger partial charge in [-0.25, -0.2) is 0 Å². The van der Waals surface area contributed by atoms with E-state index in [1.54, 1.807) is 0 Å². The van der Waals surface area contributed by atoms with Crippen LogP contribution < -0.4 is 9.80 Å². The van der Waals surface area contributed by atoms with E-state index >= 15 is 0 Å². The van der Waals surface area contributed by atoms with Crippen LogP contribution >= 0.6 is 0 Å². The lowest BCUT2D eigenvalue weighted by Crippen LogP contribution is -2.37. The molecular weight excluding hydrogens is 252 g/mol. The van der Waals surface area contributed by atoms with Gasteiger partial charge in [-0.2, -0.15) is 0 Å². The molecule has 1 aliphatic carbocycles. The van der Waals surface area contributed by atoms with E-state index in [1.165, 1.54) is 29.8 Å². The molecule has 0 amide bonds. The summed E-state index contributed by atoms with van der Waals surface area (Å²) in [5.74, 6) is 0.0287. The maximum atomic E-state index is 11.2. The number of benzene rings is 1. The zero-order valence-corrected chi connectivity index (χ0v) is 12.2. The standard InChI is InChI=1S/C16H22N2O2/c1-17-8-9-18(2)16-12(4-3-5-14(16)17)13(10-15(19)20)11-6-7-11/h3-5,11,13H,6-10H2,1-2H3,(H,19,20). The van der Waals surface area contributed by atoms with Crippen LogP contribution in [0.15, 0.2) is 18.2 Å². The monoisotopic (exact) mass is 274 g/mol. The first-order chi connectivity index (χ1) is 9.58. The molecule has 1 fully saturated rings. The van der Waals surface area contributed by atoms with Crippen LogP contribution in [-0.4, -0.2) is 38.3 Å². The highest BCUT2D eigenvalue weighted by Gasteiger charge is 2.36. The van der Waals surface area contributed by atoms with Crippen LogP contribution in [0.5, 0.6) is 0 Å². The van der Waals surface area contributed by atoms with Gasteiger partial charge in [0.2, 0.25) is 0 Å². The number of hydrogen-bond donors (Lipinski definition) is 1. The van der Waals surface area contributed by atoms with E-state index < -0.39 is 5.97 Å². The maximum absolute atomic E-state index is 11.2. The van der Waals surface area contributed by atoms with Crippen LogP contribution in [0.4, 0.5) is 11.4 Å². The predicted molar refractivity (Wildman–Crippen MR) is 80.7 cm³/mol. The van der Waals surface area contributed by atoms with Gasteiger partial charge < -0.3 is 14.9 Å². The van der Waals surface area contributed by atoms with Gasteiger partial charge in [0.1, 0.15) is 0 Å². The smallest absolute Gasteiger partial charge is 0.303 e. The second-order valence-corrected chi connectivity index (χ2v) is 6.10. The van der Waals surface area contributed by atoms with E-state index in [9.17, 15) is 9.90 Å². The second-order valence-electron chi connectivity index (χ2n) is 6.10. The average molecular weight is 274 g/mol. The normalized spacial score (nSPS) is 19.7. The molecule has 0 saturated heterocycles. The summed E-state index contributed by atoms with van der Waals surface area (Å²) in [7, 11) is 4.22. The Balaban J connectivity index is 2.04. The van der Waals surface area contributed by atoms with Crippen molar-refractivity contribution in [3.8, 4) is 0 Å². The number of fused-ring (bicyclic) bond motifs is 1. The molecule has 0 bridgehead atoms. The van der Waals surface area contributed by atoms with E-state index in [2.05, 4.69) is 42.1 Å². The van der Waals surface area contributed by atoms with Crippen molar-refractivity contribution < 1.29 is 9.90 Å². The summed E-state index contributed by atoms with van der Waals surface area (Å²) in [5, 5.41) is 9.22. The van der Waals surface area contributed by atoms with E-state index in [4.69, 9.17) is 0 Å². The average Bonchev–Trinajstić information content (AvgIpc) is 3.24. The Morgan fingerprint density at radius 3 is 2.65 bits per heavy atom. The Kier molecular flexibility index (Phi) is 3.32. The molecule has 0 radical (unpaired) electrons. The van der Waals surface area contributed by atoms with Gasteiger partial charge in [-0.05, 0) is 36.3 Å². The third-order valence-corrected chi connectivity index (χ3v) is 4.59. The van der Waals surface area contributed by atoms with Gasteiger partial charge >= 0.3 is 5.97 Å². The number of anilines is 2. The van der Waals surface area contributed by atoms with Gasteiger partial charge in [0, 0.05) is 27.2 Å². The summed E-state index contributed by atoms with van der Waals surface area (Å²) >= 11 is 0. The lowest BCUT2D eigenvalue weighted by atomic mass is 9.88. The van der Waals surface area contributed by atoms with Crippen LogP contribution in [0.3, 0.4) is 0 Å². The first-order valence-corrected chi connectivity index (χ1v) is 7.35. The molecule has 1 unspecified atom stereocenters. The van der Waals surface area contributed by atoms with Crippen LogP contribution in [0.1, 0.15) is 30.7 Å². The molecule has 108 valence electrons. The minimum Gasteiger partial charge on any atom is -0.481 e. The third-order valence-electron chi connectivity index (χ3n) is 4.59. The molecule has 3 rings (SSSR count). The van der Waals surface area contributed by atoms with Crippen molar-refractivity contribution in [1.29, 1.82) is 0 Å². The molecular formula is C16H22N2O2. The maximum Gasteiger partial charge on any atom is 0.303 e. The Hall–Kier alpha value is -1.71. The van der Waals surface area contributed by atoms with Crippen molar-refractivity contribution >= 4 is 17.3 Å². The topological polar surface area (TPSA) is 43.8 Å². The van der Waals surface area contributed by atoms with Crippen molar-refractivity contribution in [3.05, 3.63) is 23.8 Å². The fourth-order valence-electron chi connectivity index (χ4n) is 3.32. The fraction of sp³-hybridized carbons (Fsp3) is 0.562. The quantitative estimate of drug-likeness (QED) is 0.916. The van der Waals surface area contributed by atoms with Crippen molar-refractivity contribution in [2.75, 3.05) is 37.0 Å². The van der Waals surface area contributed by atoms with Gasteiger partial charge in [0.05, 0.1) is 17.8 Å². The molecule has 2 aliphatic rings. The van der Waals surface area contributed by atoms with Gasteiger partial charge in [-0.15, -0.1) is 0 Å². The molecule has 20 heavy (non-hydrogen) atoms. The van der Waals surface area contributed by atoms with Gasteiger partial charge in [0.15, 0.2) is 0 Å². The molecule has 0 aromatic heterocycles. The van der Waals surface area contributed by atoms with Crippen molar-refractivity contribution in [2.45, 2.75) is 25.2 Å². The Bertz CT molecular complexity index is 525. The highest BCUT2D eigenvalue weighted by Crippen LogP contribution is 2.49. The van der Waals surface area contributed by atoms with Crippen molar-refractivity contribution in [2.24, 2.45) is 5.92 Å². The van der Waals surface area contributed by atoms with Crippen LogP contribution in [0.2, 0.25) is 0 Å². The number of carboxylic acid groups (broad SMARTS) is 1. The number of likely N-dealkylation sites (N-methyl/N-ethyl adjacent to an activating group) is 2. The lowest BCUT2D eigenvalue weighted by molar-refractivity contribution is -0.137. The number of para-hydroxylation sites is 1. The summed E-state index contributed by atoms with van der Waals surface area (Å²) in [6.07, 6.45) is 2.58. The Morgan fingerprint density at radius 1 is 1.30 bits per heavy atom. The minimum atomic E-state index is -0.689.